The first-order valence-electron chi connectivity index (χ1n) is 14.5. The molecule has 2 heteroatoms. The summed E-state index contributed by atoms with van der Waals surface area (Å²) in [4.78, 5) is 2.26. The van der Waals surface area contributed by atoms with Gasteiger partial charge in [-0.2, -0.15) is 0 Å². The van der Waals surface area contributed by atoms with E-state index >= 15 is 0 Å². The number of ether oxygens (including phenoxy) is 1. The first-order chi connectivity index (χ1) is 15.9. The fourth-order valence-corrected chi connectivity index (χ4v) is 5.09. The van der Waals surface area contributed by atoms with E-state index in [1.807, 2.05) is 0 Å². The summed E-state index contributed by atoms with van der Waals surface area (Å²) in [5, 5.41) is 0. The number of unbranched alkanes of at least 4 members (excludes halogenated alkanes) is 9. The summed E-state index contributed by atoms with van der Waals surface area (Å²) in [6.07, 6.45) is 24.9. The van der Waals surface area contributed by atoms with Crippen molar-refractivity contribution in [3.8, 4) is 0 Å². The zero-order valence-corrected chi connectivity index (χ0v) is 23.5. The van der Waals surface area contributed by atoms with Gasteiger partial charge in [0.1, 0.15) is 0 Å². The molecule has 0 amide bonds. The molecule has 0 bridgehead atoms. The highest BCUT2D eigenvalue weighted by Crippen LogP contribution is 2.29. The smallest absolute Gasteiger partial charge is 0.0916 e. The van der Waals surface area contributed by atoms with Gasteiger partial charge in [-0.25, -0.2) is 0 Å². The van der Waals surface area contributed by atoms with Crippen LogP contribution in [0.3, 0.4) is 0 Å². The molecule has 0 heterocycles. The molecule has 0 saturated heterocycles. The van der Waals surface area contributed by atoms with Crippen molar-refractivity contribution in [2.75, 3.05) is 27.2 Å². The predicted molar refractivity (Wildman–Crippen MR) is 150 cm³/mol. The molecule has 0 saturated carbocycles. The lowest BCUT2D eigenvalue weighted by Crippen LogP contribution is -2.26. The van der Waals surface area contributed by atoms with E-state index in [9.17, 15) is 0 Å². The molecule has 0 N–H and O–H groups in total. The minimum atomic E-state index is 0.503. The molecule has 0 aliphatic heterocycles. The molecule has 0 aromatic carbocycles. The van der Waals surface area contributed by atoms with Crippen molar-refractivity contribution in [2.24, 2.45) is 17.8 Å². The van der Waals surface area contributed by atoms with Crippen LogP contribution in [0.25, 0.3) is 0 Å². The van der Waals surface area contributed by atoms with Crippen LogP contribution in [0.15, 0.2) is 25.0 Å². The van der Waals surface area contributed by atoms with Crippen LogP contribution in [-0.2, 0) is 4.74 Å². The van der Waals surface area contributed by atoms with Crippen LogP contribution in [0.2, 0.25) is 0 Å². The lowest BCUT2D eigenvalue weighted by Gasteiger charge is -2.26. The largest absolute Gasteiger partial charge is 0.501 e. The van der Waals surface area contributed by atoms with Gasteiger partial charge in [0, 0.05) is 12.5 Å². The van der Waals surface area contributed by atoms with Crippen LogP contribution in [0, 0.1) is 17.8 Å². The van der Waals surface area contributed by atoms with Crippen LogP contribution >= 0.6 is 0 Å². The second-order valence-corrected chi connectivity index (χ2v) is 11.0. The highest BCUT2D eigenvalue weighted by molar-refractivity contribution is 5.02. The molecule has 2 nitrogen and oxygen atoms in total. The van der Waals surface area contributed by atoms with E-state index in [4.69, 9.17) is 4.74 Å². The molecule has 3 unspecified atom stereocenters. The van der Waals surface area contributed by atoms with Gasteiger partial charge in [0.25, 0.3) is 0 Å². The Bertz CT molecular complexity index is 444. The Balaban J connectivity index is 4.16. The average molecular weight is 464 g/mol. The molecule has 0 spiro atoms. The fraction of sp³-hybridized carbons (Fsp3) is 0.871. The van der Waals surface area contributed by atoms with E-state index in [0.29, 0.717) is 11.8 Å². The topological polar surface area (TPSA) is 12.5 Å². The number of nitrogens with zero attached hydrogens (tertiary/aromatic N) is 1. The zero-order chi connectivity index (χ0) is 24.7. The van der Waals surface area contributed by atoms with E-state index in [2.05, 4.69) is 52.9 Å². The molecule has 0 radical (unpaired) electrons. The Kier molecular flexibility index (Phi) is 22.5. The van der Waals surface area contributed by atoms with Crippen molar-refractivity contribution >= 4 is 0 Å². The molecule has 0 fully saturated rings. The molecular formula is C31H61NO. The third-order valence-corrected chi connectivity index (χ3v) is 7.16. The van der Waals surface area contributed by atoms with E-state index in [1.54, 1.807) is 6.26 Å². The second kappa shape index (κ2) is 23.0. The zero-order valence-electron chi connectivity index (χ0n) is 23.5. The summed E-state index contributed by atoms with van der Waals surface area (Å²) >= 11 is 0. The van der Waals surface area contributed by atoms with Crippen molar-refractivity contribution < 1.29 is 4.74 Å². The van der Waals surface area contributed by atoms with Gasteiger partial charge in [-0.05, 0) is 45.2 Å². The van der Waals surface area contributed by atoms with Gasteiger partial charge >= 0.3 is 0 Å². The summed E-state index contributed by atoms with van der Waals surface area (Å²) in [6.45, 7) is 17.1. The van der Waals surface area contributed by atoms with Crippen LogP contribution in [-0.4, -0.2) is 32.1 Å². The number of hydrogen-bond acceptors (Lipinski definition) is 2. The Morgan fingerprint density at radius 1 is 0.788 bits per heavy atom. The first kappa shape index (κ1) is 32.2. The van der Waals surface area contributed by atoms with Crippen LogP contribution < -0.4 is 0 Å². The standard InChI is InChI=1S/C31H61NO/c1-8-11-13-14-15-18-21-28(4)22-19-16-17-20-24-31(23-12-9-2)29(5)25-30(26-32(6)7)27-33-10-3/h10,28,30-31H,3,5,8-9,11-27H2,1-2,4,6-7H3. The van der Waals surface area contributed by atoms with Crippen LogP contribution in [0.1, 0.15) is 130 Å². The van der Waals surface area contributed by atoms with Gasteiger partial charge in [-0.3, -0.25) is 0 Å². The summed E-state index contributed by atoms with van der Waals surface area (Å²) < 4.78 is 5.55. The van der Waals surface area contributed by atoms with Gasteiger partial charge < -0.3 is 9.64 Å². The summed E-state index contributed by atoms with van der Waals surface area (Å²) in [5.74, 6) is 2.10. The van der Waals surface area contributed by atoms with Gasteiger partial charge in [0.2, 0.25) is 0 Å². The fourth-order valence-electron chi connectivity index (χ4n) is 5.09. The second-order valence-electron chi connectivity index (χ2n) is 11.0. The van der Waals surface area contributed by atoms with E-state index < -0.39 is 0 Å². The molecule has 0 aromatic heterocycles. The predicted octanol–water partition coefficient (Wildman–Crippen LogP) is 9.80. The highest BCUT2D eigenvalue weighted by atomic mass is 16.5. The van der Waals surface area contributed by atoms with Crippen molar-refractivity contribution in [2.45, 2.75) is 130 Å². The minimum Gasteiger partial charge on any atom is -0.501 e. The van der Waals surface area contributed by atoms with Gasteiger partial charge in [0.15, 0.2) is 0 Å². The molecule has 196 valence electrons. The van der Waals surface area contributed by atoms with E-state index in [1.165, 1.54) is 108 Å². The first-order valence-corrected chi connectivity index (χ1v) is 14.5. The molecule has 3 atom stereocenters. The third-order valence-electron chi connectivity index (χ3n) is 7.16. The van der Waals surface area contributed by atoms with Gasteiger partial charge in [-0.15, -0.1) is 0 Å². The Hall–Kier alpha value is -0.760. The average Bonchev–Trinajstić information content (AvgIpc) is 2.78. The summed E-state index contributed by atoms with van der Waals surface area (Å²) in [5.41, 5.74) is 1.45. The maximum Gasteiger partial charge on any atom is 0.0916 e. The Labute approximate surface area is 209 Å². The monoisotopic (exact) mass is 463 g/mol. The van der Waals surface area contributed by atoms with Crippen molar-refractivity contribution in [3.63, 3.8) is 0 Å². The molecule has 0 aliphatic rings. The maximum atomic E-state index is 5.55. The van der Waals surface area contributed by atoms with Crippen LogP contribution in [0.5, 0.6) is 0 Å². The highest BCUT2D eigenvalue weighted by Gasteiger charge is 2.18. The lowest BCUT2D eigenvalue weighted by molar-refractivity contribution is 0.167. The number of rotatable bonds is 25. The van der Waals surface area contributed by atoms with Gasteiger partial charge in [0.05, 0.1) is 12.9 Å². The molecule has 0 aromatic rings. The third kappa shape index (κ3) is 20.3. The number of hydrogen-bond donors (Lipinski definition) is 0. The maximum absolute atomic E-state index is 5.55. The Morgan fingerprint density at radius 2 is 1.30 bits per heavy atom. The van der Waals surface area contributed by atoms with E-state index in [0.717, 1.165) is 25.5 Å². The van der Waals surface area contributed by atoms with Crippen molar-refractivity contribution in [1.82, 2.24) is 4.90 Å². The van der Waals surface area contributed by atoms with Crippen molar-refractivity contribution in [1.29, 1.82) is 0 Å². The molecule has 0 aliphatic carbocycles. The summed E-state index contributed by atoms with van der Waals surface area (Å²) in [7, 11) is 4.29. The quantitative estimate of drug-likeness (QED) is 0.0758. The normalized spacial score (nSPS) is 14.2. The molecular weight excluding hydrogens is 402 g/mol. The minimum absolute atomic E-state index is 0.503. The SMILES string of the molecule is C=COCC(CC(=C)C(CCCC)CCCCCCC(C)CCCCCCCC)CN(C)C. The molecule has 33 heavy (non-hydrogen) atoms. The van der Waals surface area contributed by atoms with Gasteiger partial charge in [-0.1, -0.05) is 129 Å². The lowest BCUT2D eigenvalue weighted by atomic mass is 9.84. The number of allylic oxidation sites excluding steroid dienone is 1. The van der Waals surface area contributed by atoms with Crippen molar-refractivity contribution in [3.05, 3.63) is 25.0 Å². The Morgan fingerprint density at radius 3 is 1.85 bits per heavy atom. The molecule has 0 rings (SSSR count). The summed E-state index contributed by atoms with van der Waals surface area (Å²) in [6, 6.07) is 0. The van der Waals surface area contributed by atoms with E-state index in [-0.39, 0.29) is 0 Å². The van der Waals surface area contributed by atoms with Crippen LogP contribution in [0.4, 0.5) is 0 Å².